The number of hydrogen-bond donors (Lipinski definition) is 1. The number of aliphatic carboxylic acids is 1. The lowest BCUT2D eigenvalue weighted by Gasteiger charge is -2.17. The van der Waals surface area contributed by atoms with Gasteiger partial charge in [-0.3, -0.25) is 4.79 Å². The minimum Gasteiger partial charge on any atom is -0.492 e. The van der Waals surface area contributed by atoms with Crippen LogP contribution in [0.2, 0.25) is 0 Å². The number of imidazole rings is 1. The lowest BCUT2D eigenvalue weighted by molar-refractivity contribution is -0.137. The van der Waals surface area contributed by atoms with E-state index in [4.69, 9.17) is 19.3 Å². The Morgan fingerprint density at radius 2 is 1.97 bits per heavy atom. The maximum absolute atomic E-state index is 15.0. The van der Waals surface area contributed by atoms with Crippen LogP contribution in [0, 0.1) is 5.82 Å². The Morgan fingerprint density at radius 3 is 2.73 bits per heavy atom. The zero-order valence-corrected chi connectivity index (χ0v) is 20.2. The molecule has 0 bridgehead atoms. The van der Waals surface area contributed by atoms with Gasteiger partial charge in [0.2, 0.25) is 0 Å². The summed E-state index contributed by atoms with van der Waals surface area (Å²) >= 11 is 0. The number of aryl methyl sites for hydroxylation is 1. The number of carbonyl (C=O) groups is 1. The Labute approximate surface area is 213 Å². The van der Waals surface area contributed by atoms with Gasteiger partial charge in [0.15, 0.2) is 0 Å². The number of hydrogen-bond acceptors (Lipinski definition) is 5. The molecule has 0 radical (unpaired) electrons. The third-order valence-electron chi connectivity index (χ3n) is 6.97. The van der Waals surface area contributed by atoms with Crippen molar-refractivity contribution < 1.29 is 28.5 Å². The number of benzene rings is 3. The SMILES string of the molecule is Cn1ccnc1-c1ccc(Oc2ccc(F)c3c2CC[C@H]3Oc2ccc3c(c2)OC[C@H]3CC(=O)O)cc1. The van der Waals surface area contributed by atoms with Crippen LogP contribution in [0.5, 0.6) is 23.0 Å². The van der Waals surface area contributed by atoms with Crippen molar-refractivity contribution in [1.29, 1.82) is 0 Å². The fraction of sp³-hybridized carbons (Fsp3) is 0.241. The molecule has 0 unspecified atom stereocenters. The van der Waals surface area contributed by atoms with Crippen molar-refractivity contribution in [2.45, 2.75) is 31.3 Å². The molecular weight excluding hydrogens is 475 g/mol. The zero-order valence-electron chi connectivity index (χ0n) is 20.2. The third kappa shape index (κ3) is 4.39. The predicted octanol–water partition coefficient (Wildman–Crippen LogP) is 6.04. The molecule has 4 aromatic rings. The van der Waals surface area contributed by atoms with Crippen LogP contribution < -0.4 is 14.2 Å². The Kier molecular flexibility index (Phi) is 5.79. The number of carboxylic acid groups (broad SMARTS) is 1. The van der Waals surface area contributed by atoms with Gasteiger partial charge in [0.05, 0.1) is 13.0 Å². The summed E-state index contributed by atoms with van der Waals surface area (Å²) in [5, 5.41) is 9.11. The van der Waals surface area contributed by atoms with Gasteiger partial charge in [-0.15, -0.1) is 0 Å². The van der Waals surface area contributed by atoms with E-state index in [1.807, 2.05) is 48.1 Å². The minimum absolute atomic E-state index is 0.0168. The average molecular weight is 501 g/mol. The molecule has 1 aromatic heterocycles. The standard InChI is InChI=1S/C29H25FN2O5/c1-32-13-12-31-29(32)17-2-4-19(5-3-17)36-24-11-9-23(30)28-22(24)8-10-25(28)37-20-6-7-21-18(14-27(33)34)16-35-26(21)15-20/h2-7,9,11-13,15,18,25H,8,10,14,16H2,1H3,(H,33,34)/t18-,25-/m1/s1. The van der Waals surface area contributed by atoms with Gasteiger partial charge in [-0.2, -0.15) is 0 Å². The highest BCUT2D eigenvalue weighted by Crippen LogP contribution is 2.44. The summed E-state index contributed by atoms with van der Waals surface area (Å²) in [4.78, 5) is 15.5. The number of aromatic nitrogens is 2. The van der Waals surface area contributed by atoms with E-state index >= 15 is 0 Å². The molecule has 8 heteroatoms. The van der Waals surface area contributed by atoms with Gasteiger partial charge in [-0.1, -0.05) is 6.07 Å². The van der Waals surface area contributed by atoms with Crippen LogP contribution in [0.4, 0.5) is 4.39 Å². The Morgan fingerprint density at radius 1 is 1.16 bits per heavy atom. The number of nitrogens with zero attached hydrogens (tertiary/aromatic N) is 2. The summed E-state index contributed by atoms with van der Waals surface area (Å²) in [5.41, 5.74) is 3.15. The normalized spacial score (nSPS) is 17.7. The van der Waals surface area contributed by atoms with Gasteiger partial charge in [-0.25, -0.2) is 9.37 Å². The van der Waals surface area contributed by atoms with Gasteiger partial charge in [0, 0.05) is 53.7 Å². The van der Waals surface area contributed by atoms with Crippen LogP contribution in [0.15, 0.2) is 67.0 Å². The summed E-state index contributed by atoms with van der Waals surface area (Å²) < 4.78 is 35.0. The van der Waals surface area contributed by atoms with E-state index in [1.54, 1.807) is 24.4 Å². The van der Waals surface area contributed by atoms with Crippen LogP contribution >= 0.6 is 0 Å². The van der Waals surface area contributed by atoms with Gasteiger partial charge in [0.1, 0.15) is 40.7 Å². The van der Waals surface area contributed by atoms with Crippen molar-refractivity contribution >= 4 is 5.97 Å². The lowest BCUT2D eigenvalue weighted by Crippen LogP contribution is -2.07. The van der Waals surface area contributed by atoms with Crippen LogP contribution in [-0.4, -0.2) is 27.2 Å². The van der Waals surface area contributed by atoms with Crippen LogP contribution in [-0.2, 0) is 18.3 Å². The summed E-state index contributed by atoms with van der Waals surface area (Å²) in [6.45, 7) is 0.329. The first-order valence-electron chi connectivity index (χ1n) is 12.2. The molecule has 37 heavy (non-hydrogen) atoms. The van der Waals surface area contributed by atoms with Crippen molar-refractivity contribution in [3.8, 4) is 34.4 Å². The van der Waals surface area contributed by atoms with Crippen LogP contribution in [0.3, 0.4) is 0 Å². The highest BCUT2D eigenvalue weighted by atomic mass is 19.1. The first-order valence-corrected chi connectivity index (χ1v) is 12.2. The molecule has 1 N–H and O–H groups in total. The van der Waals surface area contributed by atoms with Gasteiger partial charge < -0.3 is 23.9 Å². The molecule has 0 fully saturated rings. The van der Waals surface area contributed by atoms with Gasteiger partial charge in [0.25, 0.3) is 0 Å². The molecule has 7 nitrogen and oxygen atoms in total. The molecule has 2 aliphatic rings. The number of fused-ring (bicyclic) bond motifs is 2. The molecule has 3 aromatic carbocycles. The Balaban J connectivity index is 1.20. The Hall–Kier alpha value is -4.33. The third-order valence-corrected chi connectivity index (χ3v) is 6.97. The molecular formula is C29H25FN2O5. The number of carboxylic acids is 1. The van der Waals surface area contributed by atoms with E-state index in [0.29, 0.717) is 48.0 Å². The fourth-order valence-corrected chi connectivity index (χ4v) is 5.17. The predicted molar refractivity (Wildman–Crippen MR) is 134 cm³/mol. The molecule has 0 saturated heterocycles. The second-order valence-corrected chi connectivity index (χ2v) is 9.38. The number of halogens is 1. The summed E-state index contributed by atoms with van der Waals surface area (Å²) in [6, 6.07) is 16.1. The first-order chi connectivity index (χ1) is 18.0. The van der Waals surface area contributed by atoms with Crippen LogP contribution in [0.1, 0.15) is 41.6 Å². The molecule has 6 rings (SSSR count). The molecule has 0 saturated carbocycles. The summed E-state index contributed by atoms with van der Waals surface area (Å²) in [5.74, 6) is 1.95. The number of rotatable bonds is 7. The smallest absolute Gasteiger partial charge is 0.304 e. The highest BCUT2D eigenvalue weighted by Gasteiger charge is 2.32. The topological polar surface area (TPSA) is 82.8 Å². The Bertz CT molecular complexity index is 1480. The summed E-state index contributed by atoms with van der Waals surface area (Å²) in [6.07, 6.45) is 4.45. The van der Waals surface area contributed by atoms with Gasteiger partial charge in [-0.05, 0) is 55.3 Å². The lowest BCUT2D eigenvalue weighted by atomic mass is 9.98. The molecule has 0 spiro atoms. The van der Waals surface area contributed by atoms with E-state index in [-0.39, 0.29) is 18.2 Å². The second-order valence-electron chi connectivity index (χ2n) is 9.38. The van der Waals surface area contributed by atoms with Crippen molar-refractivity contribution in [3.05, 3.63) is 89.5 Å². The van der Waals surface area contributed by atoms with Crippen molar-refractivity contribution in [2.75, 3.05) is 6.61 Å². The largest absolute Gasteiger partial charge is 0.492 e. The van der Waals surface area contributed by atoms with Crippen molar-refractivity contribution in [2.24, 2.45) is 7.05 Å². The molecule has 2 atom stereocenters. The minimum atomic E-state index is -0.859. The van der Waals surface area contributed by atoms with Crippen molar-refractivity contribution in [1.82, 2.24) is 9.55 Å². The average Bonchev–Trinajstić information content (AvgIpc) is 3.61. The van der Waals surface area contributed by atoms with E-state index in [9.17, 15) is 9.18 Å². The van der Waals surface area contributed by atoms with Crippen LogP contribution in [0.25, 0.3) is 11.4 Å². The maximum Gasteiger partial charge on any atom is 0.304 e. The van der Waals surface area contributed by atoms with E-state index in [1.165, 1.54) is 6.07 Å². The van der Waals surface area contributed by atoms with Crippen molar-refractivity contribution in [3.63, 3.8) is 0 Å². The van der Waals surface area contributed by atoms with Gasteiger partial charge >= 0.3 is 5.97 Å². The fourth-order valence-electron chi connectivity index (χ4n) is 5.17. The molecule has 1 aliphatic heterocycles. The molecule has 188 valence electrons. The summed E-state index contributed by atoms with van der Waals surface area (Å²) in [7, 11) is 1.94. The second kappa shape index (κ2) is 9.28. The monoisotopic (exact) mass is 500 g/mol. The first kappa shape index (κ1) is 23.1. The molecule has 2 heterocycles. The maximum atomic E-state index is 15.0. The number of ether oxygens (including phenoxy) is 3. The molecule has 0 amide bonds. The van der Waals surface area contributed by atoms with E-state index < -0.39 is 12.1 Å². The quantitative estimate of drug-likeness (QED) is 0.333. The molecule has 1 aliphatic carbocycles. The van der Waals surface area contributed by atoms with E-state index in [2.05, 4.69) is 4.98 Å². The highest BCUT2D eigenvalue weighted by molar-refractivity contribution is 5.69. The van der Waals surface area contributed by atoms with E-state index in [0.717, 1.165) is 22.5 Å². The zero-order chi connectivity index (χ0) is 25.5.